The highest BCUT2D eigenvalue weighted by Gasteiger charge is 2.37. The van der Waals surface area contributed by atoms with E-state index in [1.165, 1.54) is 30.6 Å². The monoisotopic (exact) mass is 467 g/mol. The van der Waals surface area contributed by atoms with Crippen LogP contribution in [0.25, 0.3) is 22.0 Å². The molecule has 2 aromatic heterocycles. The molecule has 3 aromatic rings. The number of alkyl halides is 3. The lowest BCUT2D eigenvalue weighted by atomic mass is 9.97. The SMILES string of the molecule is O=C[C@@H](Nc1ccc2c(C(F)(F)F)c(-c3ccncc3)c(=O)[nH]c2c1)[C@H](O)[C@@H](O)[C@@H](O)CO. The lowest BCUT2D eigenvalue weighted by Crippen LogP contribution is -2.49. The van der Waals surface area contributed by atoms with Crippen LogP contribution in [0.15, 0.2) is 47.5 Å². The summed E-state index contributed by atoms with van der Waals surface area (Å²) < 4.78 is 41.9. The number of halogens is 3. The predicted molar refractivity (Wildman–Crippen MR) is 111 cm³/mol. The van der Waals surface area contributed by atoms with Crippen molar-refractivity contribution in [2.24, 2.45) is 0 Å². The van der Waals surface area contributed by atoms with E-state index in [1.807, 2.05) is 0 Å². The van der Waals surface area contributed by atoms with Gasteiger partial charge < -0.3 is 35.5 Å². The molecule has 33 heavy (non-hydrogen) atoms. The van der Waals surface area contributed by atoms with E-state index in [2.05, 4.69) is 15.3 Å². The van der Waals surface area contributed by atoms with Crippen LogP contribution in [-0.4, -0.2) is 67.6 Å². The number of anilines is 1. The van der Waals surface area contributed by atoms with Gasteiger partial charge in [0.25, 0.3) is 5.56 Å². The molecular weight excluding hydrogens is 447 g/mol. The van der Waals surface area contributed by atoms with Crippen molar-refractivity contribution < 1.29 is 38.4 Å². The summed E-state index contributed by atoms with van der Waals surface area (Å²) in [5.74, 6) is 0. The zero-order chi connectivity index (χ0) is 24.3. The number of aromatic amines is 1. The minimum Gasteiger partial charge on any atom is -0.394 e. The number of H-pyrrole nitrogens is 1. The molecule has 0 unspecified atom stereocenters. The van der Waals surface area contributed by atoms with E-state index in [1.54, 1.807) is 0 Å². The zero-order valence-corrected chi connectivity index (χ0v) is 16.8. The van der Waals surface area contributed by atoms with Gasteiger partial charge in [-0.05, 0) is 29.8 Å². The highest BCUT2D eigenvalue weighted by Crippen LogP contribution is 2.39. The third kappa shape index (κ3) is 5.03. The molecule has 0 bridgehead atoms. The fourth-order valence-corrected chi connectivity index (χ4v) is 3.42. The maximum Gasteiger partial charge on any atom is 0.417 e. The summed E-state index contributed by atoms with van der Waals surface area (Å²) in [6.45, 7) is -0.874. The van der Waals surface area contributed by atoms with Crippen LogP contribution in [0.5, 0.6) is 0 Å². The number of benzene rings is 1. The summed E-state index contributed by atoms with van der Waals surface area (Å²) in [5, 5.41) is 40.4. The Morgan fingerprint density at radius 2 is 1.76 bits per heavy atom. The highest BCUT2D eigenvalue weighted by atomic mass is 19.4. The standard InChI is InChI=1S/C21H20F3N3O6/c22-21(23,24)17-12-2-1-11(26-14(8-28)18(31)19(32)15(30)9-29)7-13(12)27-20(33)16(17)10-3-5-25-6-4-10/h1-8,14-15,18-19,26,29-32H,9H2,(H,27,33)/t14-,15+,18+,19+/m1/s1. The molecule has 6 N–H and O–H groups in total. The second-order valence-electron chi connectivity index (χ2n) is 7.24. The number of nitrogens with zero attached hydrogens (tertiary/aromatic N) is 1. The van der Waals surface area contributed by atoms with E-state index in [4.69, 9.17) is 5.11 Å². The minimum atomic E-state index is -4.87. The Kier molecular flexibility index (Phi) is 7.12. The van der Waals surface area contributed by atoms with Gasteiger partial charge in [0.1, 0.15) is 30.6 Å². The number of hydrogen-bond donors (Lipinski definition) is 6. The lowest BCUT2D eigenvalue weighted by molar-refractivity contribution is -0.135. The largest absolute Gasteiger partial charge is 0.417 e. The van der Waals surface area contributed by atoms with Gasteiger partial charge >= 0.3 is 6.18 Å². The zero-order valence-electron chi connectivity index (χ0n) is 16.8. The van der Waals surface area contributed by atoms with E-state index >= 15 is 0 Å². The van der Waals surface area contributed by atoms with E-state index in [9.17, 15) is 38.1 Å². The Morgan fingerprint density at radius 1 is 1.09 bits per heavy atom. The van der Waals surface area contributed by atoms with Crippen molar-refractivity contribution in [3.05, 3.63) is 58.6 Å². The van der Waals surface area contributed by atoms with Gasteiger partial charge in [-0.15, -0.1) is 0 Å². The number of fused-ring (bicyclic) bond motifs is 1. The van der Waals surface area contributed by atoms with Crippen molar-refractivity contribution in [3.63, 3.8) is 0 Å². The molecule has 0 radical (unpaired) electrons. The van der Waals surface area contributed by atoms with Crippen LogP contribution in [-0.2, 0) is 11.0 Å². The summed E-state index contributed by atoms with van der Waals surface area (Å²) >= 11 is 0. The molecule has 176 valence electrons. The van der Waals surface area contributed by atoms with Crippen molar-refractivity contribution in [3.8, 4) is 11.1 Å². The molecule has 0 aliphatic rings. The number of rotatable bonds is 8. The molecule has 3 rings (SSSR count). The molecule has 9 nitrogen and oxygen atoms in total. The maximum atomic E-state index is 14.0. The van der Waals surface area contributed by atoms with E-state index in [-0.39, 0.29) is 28.4 Å². The van der Waals surface area contributed by atoms with Crippen LogP contribution in [0, 0.1) is 0 Å². The van der Waals surface area contributed by atoms with Crippen LogP contribution < -0.4 is 10.9 Å². The molecule has 0 saturated carbocycles. The molecule has 0 fully saturated rings. The second-order valence-corrected chi connectivity index (χ2v) is 7.24. The van der Waals surface area contributed by atoms with Gasteiger partial charge in [0.15, 0.2) is 0 Å². The summed E-state index contributed by atoms with van der Waals surface area (Å²) in [6, 6.07) is 4.51. The second kappa shape index (κ2) is 9.67. The van der Waals surface area contributed by atoms with Gasteiger partial charge in [-0.3, -0.25) is 9.78 Å². The molecule has 1 aromatic carbocycles. The number of carbonyl (C=O) groups excluding carboxylic acids is 1. The summed E-state index contributed by atoms with van der Waals surface area (Å²) in [7, 11) is 0. The number of aromatic nitrogens is 2. The first-order chi connectivity index (χ1) is 15.6. The van der Waals surface area contributed by atoms with E-state index in [0.717, 1.165) is 12.1 Å². The first-order valence-electron chi connectivity index (χ1n) is 9.63. The highest BCUT2D eigenvalue weighted by molar-refractivity contribution is 5.91. The first-order valence-corrected chi connectivity index (χ1v) is 9.63. The Hall–Kier alpha value is -3.32. The van der Waals surface area contributed by atoms with Crippen molar-refractivity contribution in [1.82, 2.24) is 9.97 Å². The summed E-state index contributed by atoms with van der Waals surface area (Å²) in [4.78, 5) is 30.1. The van der Waals surface area contributed by atoms with Crippen LogP contribution in [0.4, 0.5) is 18.9 Å². The summed E-state index contributed by atoms with van der Waals surface area (Å²) in [5.41, 5.74) is -2.82. The van der Waals surface area contributed by atoms with Crippen molar-refractivity contribution in [2.75, 3.05) is 11.9 Å². The molecule has 0 amide bonds. The molecule has 2 heterocycles. The lowest BCUT2D eigenvalue weighted by Gasteiger charge is -2.27. The Balaban J connectivity index is 2.07. The molecular formula is C21H20F3N3O6. The van der Waals surface area contributed by atoms with Crippen molar-refractivity contribution in [2.45, 2.75) is 30.5 Å². The van der Waals surface area contributed by atoms with Crippen LogP contribution in [0.2, 0.25) is 0 Å². The molecule has 0 aliphatic carbocycles. The summed E-state index contributed by atoms with van der Waals surface area (Å²) in [6.07, 6.45) is -7.57. The van der Waals surface area contributed by atoms with Crippen LogP contribution in [0.1, 0.15) is 5.56 Å². The van der Waals surface area contributed by atoms with Crippen LogP contribution in [0.3, 0.4) is 0 Å². The van der Waals surface area contributed by atoms with Gasteiger partial charge in [-0.25, -0.2) is 0 Å². The molecule has 12 heteroatoms. The topological polar surface area (TPSA) is 156 Å². The third-order valence-electron chi connectivity index (χ3n) is 5.05. The Labute approximate surface area is 184 Å². The normalized spacial score (nSPS) is 15.6. The van der Waals surface area contributed by atoms with Gasteiger partial charge in [0.2, 0.25) is 0 Å². The Bertz CT molecular complexity index is 1190. The van der Waals surface area contributed by atoms with Gasteiger partial charge in [-0.2, -0.15) is 13.2 Å². The molecule has 0 spiro atoms. The third-order valence-corrected chi connectivity index (χ3v) is 5.05. The smallest absolute Gasteiger partial charge is 0.394 e. The number of hydrogen-bond acceptors (Lipinski definition) is 8. The van der Waals surface area contributed by atoms with Crippen molar-refractivity contribution >= 4 is 22.9 Å². The van der Waals surface area contributed by atoms with Gasteiger partial charge in [0, 0.05) is 23.5 Å². The first kappa shape index (κ1) is 24.3. The molecule has 0 saturated heterocycles. The van der Waals surface area contributed by atoms with E-state index < -0.39 is 53.8 Å². The number of nitrogens with one attached hydrogen (secondary N) is 2. The fraction of sp³-hybridized carbons (Fsp3) is 0.286. The number of aliphatic hydroxyl groups excluding tert-OH is 4. The predicted octanol–water partition coefficient (Wildman–Crippen LogP) is 0.663. The average Bonchev–Trinajstić information content (AvgIpc) is 2.79. The minimum absolute atomic E-state index is 0.0308. The Morgan fingerprint density at radius 3 is 2.33 bits per heavy atom. The van der Waals surface area contributed by atoms with E-state index in [0.29, 0.717) is 0 Å². The maximum absolute atomic E-state index is 14.0. The van der Waals surface area contributed by atoms with Gasteiger partial charge in [-0.1, -0.05) is 6.07 Å². The quantitative estimate of drug-likeness (QED) is 0.264. The molecule has 0 aliphatic heterocycles. The van der Waals surface area contributed by atoms with Crippen LogP contribution >= 0.6 is 0 Å². The fourth-order valence-electron chi connectivity index (χ4n) is 3.42. The number of carbonyl (C=O) groups is 1. The average molecular weight is 467 g/mol. The van der Waals surface area contributed by atoms with Gasteiger partial charge in [0.05, 0.1) is 23.3 Å². The number of aliphatic hydroxyl groups is 4. The molecule has 4 atom stereocenters. The number of aldehydes is 1. The van der Waals surface area contributed by atoms with Crippen molar-refractivity contribution in [1.29, 1.82) is 0 Å². The number of pyridine rings is 2.